The van der Waals surface area contributed by atoms with Crippen molar-refractivity contribution in [2.24, 2.45) is 0 Å². The molecule has 4 heterocycles. The number of nitrogens with one attached hydrogen (secondary N) is 1. The van der Waals surface area contributed by atoms with Crippen molar-refractivity contribution in [1.29, 1.82) is 0 Å². The molecular formula is C21H18ClF2N7. The summed E-state index contributed by atoms with van der Waals surface area (Å²) >= 11 is 5.79. The predicted molar refractivity (Wildman–Crippen MR) is 114 cm³/mol. The lowest BCUT2D eigenvalue weighted by Gasteiger charge is -2.30. The summed E-state index contributed by atoms with van der Waals surface area (Å²) in [5.74, 6) is -0.656. The van der Waals surface area contributed by atoms with Crippen LogP contribution in [-0.4, -0.2) is 31.3 Å². The van der Waals surface area contributed by atoms with Crippen LogP contribution in [0.2, 0.25) is 5.02 Å². The summed E-state index contributed by atoms with van der Waals surface area (Å²) in [7, 11) is 0. The number of pyridine rings is 1. The molecule has 1 N–H and O–H groups in total. The smallest absolute Gasteiger partial charge is 0.180 e. The maximum absolute atomic E-state index is 14.1. The van der Waals surface area contributed by atoms with Crippen LogP contribution in [0.5, 0.6) is 0 Å². The average molecular weight is 442 g/mol. The molecule has 0 bridgehead atoms. The Balaban J connectivity index is 1.45. The Morgan fingerprint density at radius 3 is 2.77 bits per heavy atom. The summed E-state index contributed by atoms with van der Waals surface area (Å²) in [6.07, 6.45) is 3.99. The molecule has 158 valence electrons. The van der Waals surface area contributed by atoms with Crippen LogP contribution in [0.1, 0.15) is 22.4 Å². The topological polar surface area (TPSA) is 71.2 Å². The first-order chi connectivity index (χ1) is 14.9. The van der Waals surface area contributed by atoms with E-state index in [9.17, 15) is 8.78 Å². The molecule has 0 spiro atoms. The third kappa shape index (κ3) is 3.44. The zero-order valence-corrected chi connectivity index (χ0v) is 17.6. The highest BCUT2D eigenvalue weighted by atomic mass is 35.5. The van der Waals surface area contributed by atoms with E-state index < -0.39 is 11.6 Å². The van der Waals surface area contributed by atoms with Gasteiger partial charge in [0.2, 0.25) is 0 Å². The zero-order valence-electron chi connectivity index (χ0n) is 16.8. The Labute approximate surface area is 181 Å². The van der Waals surface area contributed by atoms with Crippen molar-refractivity contribution in [3.05, 3.63) is 69.8 Å². The number of hydrogen-bond acceptors (Lipinski definition) is 6. The van der Waals surface area contributed by atoms with Gasteiger partial charge in [-0.3, -0.25) is 4.98 Å². The normalized spacial score (nSPS) is 13.5. The number of nitrogens with zero attached hydrogens (tertiary/aromatic N) is 6. The third-order valence-electron chi connectivity index (χ3n) is 5.59. The standard InChI is InChI=1S/C21H18ClF2N7/c1-11-12(2)21(29-31-10-26-28-20(11)31)30-4-3-18-13(9-30)5-14(8-25-18)27-19-6-15(22)16(23)7-17(19)24/h5-8,10,27H,3-4,9H2,1-2H3. The highest BCUT2D eigenvalue weighted by molar-refractivity contribution is 6.31. The number of aryl methyl sites for hydroxylation is 1. The fourth-order valence-electron chi connectivity index (χ4n) is 3.81. The minimum absolute atomic E-state index is 0.0898. The maximum Gasteiger partial charge on any atom is 0.180 e. The van der Waals surface area contributed by atoms with Crippen LogP contribution in [0.4, 0.5) is 26.0 Å². The summed E-state index contributed by atoms with van der Waals surface area (Å²) in [4.78, 5) is 6.72. The molecule has 0 saturated carbocycles. The van der Waals surface area contributed by atoms with Crippen molar-refractivity contribution in [3.63, 3.8) is 0 Å². The van der Waals surface area contributed by atoms with Crippen LogP contribution in [0.3, 0.4) is 0 Å². The summed E-state index contributed by atoms with van der Waals surface area (Å²) in [5.41, 5.74) is 5.50. The van der Waals surface area contributed by atoms with Gasteiger partial charge in [0.1, 0.15) is 18.0 Å². The first-order valence-electron chi connectivity index (χ1n) is 9.72. The van der Waals surface area contributed by atoms with Crippen LogP contribution in [0.15, 0.2) is 30.7 Å². The largest absolute Gasteiger partial charge is 0.352 e. The van der Waals surface area contributed by atoms with Crippen molar-refractivity contribution < 1.29 is 8.78 Å². The van der Waals surface area contributed by atoms with Crippen molar-refractivity contribution in [2.75, 3.05) is 16.8 Å². The molecule has 0 fully saturated rings. The second kappa shape index (κ2) is 7.42. The van der Waals surface area contributed by atoms with E-state index in [2.05, 4.69) is 25.4 Å². The minimum atomic E-state index is -0.799. The van der Waals surface area contributed by atoms with Gasteiger partial charge in [-0.25, -0.2) is 8.78 Å². The van der Waals surface area contributed by atoms with Crippen LogP contribution in [-0.2, 0) is 13.0 Å². The monoisotopic (exact) mass is 441 g/mol. The average Bonchev–Trinajstić information content (AvgIpc) is 3.23. The first-order valence-corrected chi connectivity index (χ1v) is 10.1. The number of benzene rings is 1. The fourth-order valence-corrected chi connectivity index (χ4v) is 3.98. The van der Waals surface area contributed by atoms with Crippen molar-refractivity contribution in [3.8, 4) is 0 Å². The van der Waals surface area contributed by atoms with Crippen LogP contribution in [0, 0.1) is 25.5 Å². The lowest BCUT2D eigenvalue weighted by Crippen LogP contribution is -2.32. The Morgan fingerprint density at radius 2 is 1.94 bits per heavy atom. The van der Waals surface area contributed by atoms with Gasteiger partial charge in [0.25, 0.3) is 0 Å². The molecule has 3 aromatic heterocycles. The molecule has 0 unspecified atom stereocenters. The zero-order chi connectivity index (χ0) is 21.7. The van der Waals surface area contributed by atoms with E-state index in [1.165, 1.54) is 6.07 Å². The number of halogens is 3. The quantitative estimate of drug-likeness (QED) is 0.476. The molecule has 4 aromatic rings. The lowest BCUT2D eigenvalue weighted by molar-refractivity contribution is 0.586. The van der Waals surface area contributed by atoms with Crippen LogP contribution in [0.25, 0.3) is 5.65 Å². The highest BCUT2D eigenvalue weighted by Crippen LogP contribution is 2.30. The molecule has 0 saturated heterocycles. The summed E-state index contributed by atoms with van der Waals surface area (Å²) in [6, 6.07) is 3.91. The Morgan fingerprint density at radius 1 is 1.10 bits per heavy atom. The number of aromatic nitrogens is 5. The Hall–Kier alpha value is -3.33. The van der Waals surface area contributed by atoms with Gasteiger partial charge >= 0.3 is 0 Å². The van der Waals surface area contributed by atoms with Gasteiger partial charge in [0.05, 0.1) is 22.6 Å². The Bertz CT molecular complexity index is 1320. The van der Waals surface area contributed by atoms with Crippen LogP contribution >= 0.6 is 11.6 Å². The van der Waals surface area contributed by atoms with E-state index in [-0.39, 0.29) is 10.7 Å². The number of hydrogen-bond donors (Lipinski definition) is 1. The van der Waals surface area contributed by atoms with Gasteiger partial charge in [-0.1, -0.05) is 11.6 Å². The van der Waals surface area contributed by atoms with Crippen molar-refractivity contribution in [1.82, 2.24) is 24.8 Å². The molecule has 10 heteroatoms. The third-order valence-corrected chi connectivity index (χ3v) is 5.88. The fraction of sp³-hybridized carbons (Fsp3) is 0.238. The highest BCUT2D eigenvalue weighted by Gasteiger charge is 2.23. The molecule has 1 aliphatic rings. The molecule has 5 rings (SSSR count). The second-order valence-electron chi connectivity index (χ2n) is 7.55. The van der Waals surface area contributed by atoms with E-state index in [1.54, 1.807) is 17.0 Å². The summed E-state index contributed by atoms with van der Waals surface area (Å²) < 4.78 is 29.2. The van der Waals surface area contributed by atoms with E-state index >= 15 is 0 Å². The molecule has 0 amide bonds. The maximum atomic E-state index is 14.1. The lowest BCUT2D eigenvalue weighted by atomic mass is 10.0. The van der Waals surface area contributed by atoms with Crippen LogP contribution < -0.4 is 10.2 Å². The molecule has 7 nitrogen and oxygen atoms in total. The predicted octanol–water partition coefficient (Wildman–Crippen LogP) is 4.37. The van der Waals surface area contributed by atoms with Crippen molar-refractivity contribution >= 4 is 34.4 Å². The number of rotatable bonds is 3. The molecule has 1 aliphatic heterocycles. The first kappa shape index (κ1) is 19.6. The molecule has 1 aromatic carbocycles. The number of fused-ring (bicyclic) bond motifs is 2. The SMILES string of the molecule is Cc1c(N2CCc3ncc(Nc4cc(Cl)c(F)cc4F)cc3C2)nn2cnnc2c1C. The van der Waals surface area contributed by atoms with E-state index in [4.69, 9.17) is 16.7 Å². The van der Waals surface area contributed by atoms with Crippen molar-refractivity contribution in [2.45, 2.75) is 26.8 Å². The van der Waals surface area contributed by atoms with Gasteiger partial charge in [0, 0.05) is 42.4 Å². The second-order valence-corrected chi connectivity index (χ2v) is 7.95. The molecule has 31 heavy (non-hydrogen) atoms. The molecule has 0 aliphatic carbocycles. The van der Waals surface area contributed by atoms with Gasteiger partial charge in [-0.2, -0.15) is 4.52 Å². The minimum Gasteiger partial charge on any atom is -0.352 e. The van der Waals surface area contributed by atoms with Gasteiger partial charge < -0.3 is 10.2 Å². The van der Waals surface area contributed by atoms with E-state index in [1.807, 2.05) is 19.9 Å². The molecule has 0 atom stereocenters. The van der Waals surface area contributed by atoms with E-state index in [0.717, 1.165) is 52.9 Å². The molecular weight excluding hydrogens is 424 g/mol. The number of anilines is 3. The summed E-state index contributed by atoms with van der Waals surface area (Å²) in [5, 5.41) is 15.6. The van der Waals surface area contributed by atoms with E-state index in [0.29, 0.717) is 12.2 Å². The molecule has 0 radical (unpaired) electrons. The summed E-state index contributed by atoms with van der Waals surface area (Å²) in [6.45, 7) is 5.41. The van der Waals surface area contributed by atoms with Gasteiger partial charge in [0.15, 0.2) is 11.5 Å². The Kier molecular flexibility index (Phi) is 4.70. The van der Waals surface area contributed by atoms with Gasteiger partial charge in [-0.05, 0) is 31.5 Å². The van der Waals surface area contributed by atoms with Gasteiger partial charge in [-0.15, -0.1) is 15.3 Å².